The molecule has 0 saturated heterocycles. The molecule has 0 bridgehead atoms. The summed E-state index contributed by atoms with van der Waals surface area (Å²) < 4.78 is 0. The summed E-state index contributed by atoms with van der Waals surface area (Å²) in [6, 6.07) is 11.1. The van der Waals surface area contributed by atoms with Gasteiger partial charge in [-0.2, -0.15) is 0 Å². The van der Waals surface area contributed by atoms with Crippen molar-refractivity contribution in [1.29, 1.82) is 0 Å². The number of hydrogen-bond donors (Lipinski definition) is 2. The molecule has 0 aromatic heterocycles. The van der Waals surface area contributed by atoms with Gasteiger partial charge in [0.25, 0.3) is 0 Å². The molecule has 0 amide bonds. The Kier molecular flexibility index (Phi) is 5.02. The predicted molar refractivity (Wildman–Crippen MR) is 72.4 cm³/mol. The monoisotopic (exact) mass is 232 g/mol. The normalized spacial score (nSPS) is 19.8. The van der Waals surface area contributed by atoms with Gasteiger partial charge in [0.05, 0.1) is 0 Å². The molecule has 0 aliphatic heterocycles. The molecule has 0 radical (unpaired) electrons. The highest BCUT2D eigenvalue weighted by molar-refractivity contribution is 5.16. The Morgan fingerprint density at radius 2 is 1.71 bits per heavy atom. The van der Waals surface area contributed by atoms with Gasteiger partial charge in [0.15, 0.2) is 0 Å². The molecule has 0 spiro atoms. The molecule has 1 fully saturated rings. The van der Waals surface area contributed by atoms with Gasteiger partial charge in [-0.05, 0) is 30.7 Å². The average molecular weight is 232 g/mol. The largest absolute Gasteiger partial charge is 0.271 e. The Morgan fingerprint density at radius 3 is 2.29 bits per heavy atom. The molecule has 3 N–H and O–H groups in total. The van der Waals surface area contributed by atoms with E-state index in [4.69, 9.17) is 5.84 Å². The first-order valence-corrected chi connectivity index (χ1v) is 6.90. The standard InChI is InChI=1S/C15H24N2/c16-17-15(12-13-8-4-3-5-9-13)14-10-6-1-2-7-11-14/h3-5,8-9,14-15,17H,1-2,6-7,10-12,16H2. The fourth-order valence-electron chi connectivity index (χ4n) is 2.94. The zero-order valence-electron chi connectivity index (χ0n) is 10.6. The summed E-state index contributed by atoms with van der Waals surface area (Å²) in [6.07, 6.45) is 9.28. The number of benzene rings is 1. The summed E-state index contributed by atoms with van der Waals surface area (Å²) in [7, 11) is 0. The second kappa shape index (κ2) is 6.77. The SMILES string of the molecule is NNC(Cc1ccccc1)C1CCCCCC1. The van der Waals surface area contributed by atoms with Crippen molar-refractivity contribution in [1.82, 2.24) is 5.43 Å². The second-order valence-electron chi connectivity index (χ2n) is 5.21. The molecule has 1 unspecified atom stereocenters. The van der Waals surface area contributed by atoms with Crippen molar-refractivity contribution in [2.45, 2.75) is 51.0 Å². The van der Waals surface area contributed by atoms with Crippen molar-refractivity contribution >= 4 is 0 Å². The van der Waals surface area contributed by atoms with Crippen LogP contribution in [0.5, 0.6) is 0 Å². The van der Waals surface area contributed by atoms with Crippen LogP contribution in [0.2, 0.25) is 0 Å². The molecule has 1 aromatic carbocycles. The van der Waals surface area contributed by atoms with Gasteiger partial charge in [0.1, 0.15) is 0 Å². The molecule has 94 valence electrons. The summed E-state index contributed by atoms with van der Waals surface area (Å²) >= 11 is 0. The van der Waals surface area contributed by atoms with E-state index in [-0.39, 0.29) is 0 Å². The van der Waals surface area contributed by atoms with E-state index in [0.29, 0.717) is 6.04 Å². The van der Waals surface area contributed by atoms with Crippen molar-refractivity contribution in [3.8, 4) is 0 Å². The van der Waals surface area contributed by atoms with E-state index in [1.54, 1.807) is 0 Å². The van der Waals surface area contributed by atoms with Crippen molar-refractivity contribution in [2.24, 2.45) is 11.8 Å². The Hall–Kier alpha value is -0.860. The van der Waals surface area contributed by atoms with Crippen LogP contribution in [0, 0.1) is 5.92 Å². The number of nitrogens with one attached hydrogen (secondary N) is 1. The third-order valence-corrected chi connectivity index (χ3v) is 3.98. The van der Waals surface area contributed by atoms with Crippen LogP contribution in [-0.4, -0.2) is 6.04 Å². The van der Waals surface area contributed by atoms with E-state index in [9.17, 15) is 0 Å². The van der Waals surface area contributed by atoms with E-state index >= 15 is 0 Å². The second-order valence-corrected chi connectivity index (χ2v) is 5.21. The molecular formula is C15H24N2. The maximum atomic E-state index is 5.75. The Balaban J connectivity index is 1.95. The maximum Gasteiger partial charge on any atom is 0.0279 e. The number of rotatable bonds is 4. The zero-order valence-corrected chi connectivity index (χ0v) is 10.6. The van der Waals surface area contributed by atoms with Gasteiger partial charge in [-0.25, -0.2) is 0 Å². The highest BCUT2D eigenvalue weighted by atomic mass is 15.2. The molecule has 1 aliphatic rings. The summed E-state index contributed by atoms with van der Waals surface area (Å²) in [6.45, 7) is 0. The molecule has 2 nitrogen and oxygen atoms in total. The third-order valence-electron chi connectivity index (χ3n) is 3.98. The maximum absolute atomic E-state index is 5.75. The minimum absolute atomic E-state index is 0.440. The van der Waals surface area contributed by atoms with Crippen molar-refractivity contribution in [3.05, 3.63) is 35.9 Å². The number of hydrazine groups is 1. The predicted octanol–water partition coefficient (Wildman–Crippen LogP) is 3.03. The van der Waals surface area contributed by atoms with Crippen molar-refractivity contribution < 1.29 is 0 Å². The van der Waals surface area contributed by atoms with Crippen LogP contribution in [0.15, 0.2) is 30.3 Å². The lowest BCUT2D eigenvalue weighted by molar-refractivity contribution is 0.320. The van der Waals surface area contributed by atoms with Gasteiger partial charge in [0.2, 0.25) is 0 Å². The van der Waals surface area contributed by atoms with Gasteiger partial charge in [0, 0.05) is 6.04 Å². The first kappa shape index (κ1) is 12.6. The molecular weight excluding hydrogens is 208 g/mol. The first-order chi connectivity index (χ1) is 8.40. The van der Waals surface area contributed by atoms with Crippen LogP contribution >= 0.6 is 0 Å². The Labute approximate surface area is 105 Å². The van der Waals surface area contributed by atoms with E-state index in [1.165, 1.54) is 44.1 Å². The van der Waals surface area contributed by atoms with Gasteiger partial charge < -0.3 is 0 Å². The Morgan fingerprint density at radius 1 is 1.06 bits per heavy atom. The highest BCUT2D eigenvalue weighted by Gasteiger charge is 2.21. The molecule has 1 aliphatic carbocycles. The smallest absolute Gasteiger partial charge is 0.0279 e. The molecule has 2 heteroatoms. The van der Waals surface area contributed by atoms with E-state index in [2.05, 4.69) is 35.8 Å². The lowest BCUT2D eigenvalue weighted by Crippen LogP contribution is -2.42. The third kappa shape index (κ3) is 3.83. The zero-order chi connectivity index (χ0) is 11.9. The minimum atomic E-state index is 0.440. The lowest BCUT2D eigenvalue weighted by atomic mass is 9.88. The highest BCUT2D eigenvalue weighted by Crippen LogP contribution is 2.26. The summed E-state index contributed by atoms with van der Waals surface area (Å²) in [4.78, 5) is 0. The van der Waals surface area contributed by atoms with Gasteiger partial charge >= 0.3 is 0 Å². The molecule has 1 atom stereocenters. The van der Waals surface area contributed by atoms with Crippen LogP contribution in [0.4, 0.5) is 0 Å². The van der Waals surface area contributed by atoms with Gasteiger partial charge in [-0.1, -0.05) is 56.0 Å². The fraction of sp³-hybridized carbons (Fsp3) is 0.600. The first-order valence-electron chi connectivity index (χ1n) is 6.90. The lowest BCUT2D eigenvalue weighted by Gasteiger charge is -2.25. The quantitative estimate of drug-likeness (QED) is 0.476. The van der Waals surface area contributed by atoms with Crippen molar-refractivity contribution in [3.63, 3.8) is 0 Å². The van der Waals surface area contributed by atoms with E-state index in [0.717, 1.165) is 12.3 Å². The fourth-order valence-corrected chi connectivity index (χ4v) is 2.94. The van der Waals surface area contributed by atoms with Crippen LogP contribution < -0.4 is 11.3 Å². The molecule has 1 saturated carbocycles. The minimum Gasteiger partial charge on any atom is -0.271 e. The molecule has 17 heavy (non-hydrogen) atoms. The van der Waals surface area contributed by atoms with E-state index < -0.39 is 0 Å². The summed E-state index contributed by atoms with van der Waals surface area (Å²) in [5.74, 6) is 6.50. The van der Waals surface area contributed by atoms with Crippen molar-refractivity contribution in [2.75, 3.05) is 0 Å². The molecule has 0 heterocycles. The van der Waals surface area contributed by atoms with Crippen LogP contribution in [0.3, 0.4) is 0 Å². The van der Waals surface area contributed by atoms with Gasteiger partial charge in [-0.3, -0.25) is 11.3 Å². The summed E-state index contributed by atoms with van der Waals surface area (Å²) in [5, 5.41) is 0. The Bertz CT molecular complexity index is 302. The average Bonchev–Trinajstić information content (AvgIpc) is 2.66. The topological polar surface area (TPSA) is 38.0 Å². The van der Waals surface area contributed by atoms with Crippen LogP contribution in [0.25, 0.3) is 0 Å². The number of nitrogens with two attached hydrogens (primary N) is 1. The van der Waals surface area contributed by atoms with Crippen LogP contribution in [0.1, 0.15) is 44.1 Å². The van der Waals surface area contributed by atoms with Gasteiger partial charge in [-0.15, -0.1) is 0 Å². The molecule has 2 rings (SSSR count). The number of hydrogen-bond acceptors (Lipinski definition) is 2. The van der Waals surface area contributed by atoms with Crippen LogP contribution in [-0.2, 0) is 6.42 Å². The summed E-state index contributed by atoms with van der Waals surface area (Å²) in [5.41, 5.74) is 4.44. The van der Waals surface area contributed by atoms with E-state index in [1.807, 2.05) is 0 Å². The molecule has 1 aromatic rings.